The fourth-order valence-electron chi connectivity index (χ4n) is 1.97. The molecule has 2 aromatic carbocycles. The van der Waals surface area contributed by atoms with Crippen LogP contribution in [0, 0.1) is 0 Å². The molecule has 0 aliphatic carbocycles. The third-order valence-corrected chi connectivity index (χ3v) is 5.22. The number of amides is 1. The fraction of sp³-hybridized carbons (Fsp3) is 0.176. The maximum Gasteiger partial charge on any atom is 0.277 e. The highest BCUT2D eigenvalue weighted by Crippen LogP contribution is 2.41. The van der Waals surface area contributed by atoms with E-state index in [1.807, 2.05) is 0 Å². The van der Waals surface area contributed by atoms with E-state index in [1.54, 1.807) is 31.4 Å². The van der Waals surface area contributed by atoms with Crippen molar-refractivity contribution < 1.29 is 24.1 Å². The predicted octanol–water partition coefficient (Wildman–Crippen LogP) is 4.23. The molecule has 0 fully saturated rings. The number of halogens is 3. The fourth-order valence-corrected chi connectivity index (χ4v) is 3.92. The van der Waals surface area contributed by atoms with Crippen molar-refractivity contribution in [1.29, 1.82) is 0 Å². The Bertz CT molecular complexity index is 874. The number of benzene rings is 2. The zero-order chi connectivity index (χ0) is 20.0. The Morgan fingerprint density at radius 2 is 1.93 bits per heavy atom. The number of phenolic OH excluding ortho intramolecular Hbond substituents is 1. The Kier molecular flexibility index (Phi) is 7.93. The third-order valence-electron chi connectivity index (χ3n) is 3.27. The number of ether oxygens (including phenoxy) is 3. The highest BCUT2D eigenvalue weighted by atomic mass is 79.9. The molecule has 0 heterocycles. The molecule has 0 unspecified atom stereocenters. The van der Waals surface area contributed by atoms with E-state index in [0.717, 1.165) is 0 Å². The summed E-state index contributed by atoms with van der Waals surface area (Å²) in [6.07, 6.45) is 1.31. The van der Waals surface area contributed by atoms with E-state index in [2.05, 4.69) is 58.3 Å². The SMILES string of the molecule is COc1ccc(OCC(=O)N/N=C\c2cc(Br)c(OC)c(Br)c2O)c(Br)c1. The maximum absolute atomic E-state index is 11.9. The Morgan fingerprint density at radius 1 is 1.19 bits per heavy atom. The van der Waals surface area contributed by atoms with Crippen LogP contribution in [0.2, 0.25) is 0 Å². The summed E-state index contributed by atoms with van der Waals surface area (Å²) < 4.78 is 17.3. The molecule has 0 aliphatic rings. The minimum Gasteiger partial charge on any atom is -0.506 e. The second-order valence-corrected chi connectivity index (χ2v) is 7.52. The van der Waals surface area contributed by atoms with Gasteiger partial charge in [-0.3, -0.25) is 4.79 Å². The summed E-state index contributed by atoms with van der Waals surface area (Å²) in [4.78, 5) is 11.9. The van der Waals surface area contributed by atoms with Crippen molar-refractivity contribution in [1.82, 2.24) is 5.43 Å². The summed E-state index contributed by atoms with van der Waals surface area (Å²) in [5.41, 5.74) is 2.71. The Balaban J connectivity index is 1.96. The molecular weight excluding hydrogens is 552 g/mol. The van der Waals surface area contributed by atoms with Crippen molar-refractivity contribution in [2.45, 2.75) is 0 Å². The first-order valence-corrected chi connectivity index (χ1v) is 9.78. The number of hydrogen-bond acceptors (Lipinski definition) is 6. The molecule has 2 N–H and O–H groups in total. The van der Waals surface area contributed by atoms with E-state index in [4.69, 9.17) is 14.2 Å². The molecule has 2 rings (SSSR count). The van der Waals surface area contributed by atoms with E-state index in [1.165, 1.54) is 13.3 Å². The van der Waals surface area contributed by atoms with Gasteiger partial charge in [0.2, 0.25) is 0 Å². The number of methoxy groups -OCH3 is 2. The van der Waals surface area contributed by atoms with E-state index in [9.17, 15) is 9.90 Å². The van der Waals surface area contributed by atoms with Crippen LogP contribution in [0.15, 0.2) is 42.8 Å². The molecule has 0 radical (unpaired) electrons. The molecule has 10 heteroatoms. The van der Waals surface area contributed by atoms with Crippen LogP contribution in [-0.4, -0.2) is 38.1 Å². The second-order valence-electron chi connectivity index (χ2n) is 5.02. The lowest BCUT2D eigenvalue weighted by Gasteiger charge is -2.10. The summed E-state index contributed by atoms with van der Waals surface area (Å²) in [7, 11) is 3.05. The first-order valence-electron chi connectivity index (χ1n) is 7.40. The largest absolute Gasteiger partial charge is 0.506 e. The van der Waals surface area contributed by atoms with Crippen molar-refractivity contribution in [3.05, 3.63) is 43.2 Å². The number of hydrazone groups is 1. The summed E-state index contributed by atoms with van der Waals surface area (Å²) in [5.74, 6) is 1.09. The molecule has 0 aliphatic heterocycles. The molecule has 7 nitrogen and oxygen atoms in total. The van der Waals surface area contributed by atoms with Gasteiger partial charge < -0.3 is 19.3 Å². The Labute approximate surface area is 181 Å². The lowest BCUT2D eigenvalue weighted by Crippen LogP contribution is -2.24. The summed E-state index contributed by atoms with van der Waals surface area (Å²) in [6.45, 7) is -0.232. The van der Waals surface area contributed by atoms with Crippen LogP contribution >= 0.6 is 47.8 Å². The van der Waals surface area contributed by atoms with Gasteiger partial charge in [0.25, 0.3) is 5.91 Å². The van der Waals surface area contributed by atoms with Gasteiger partial charge in [-0.05, 0) is 72.1 Å². The van der Waals surface area contributed by atoms with Gasteiger partial charge in [0.05, 0.1) is 29.4 Å². The van der Waals surface area contributed by atoms with E-state index in [0.29, 0.717) is 36.2 Å². The highest BCUT2D eigenvalue weighted by molar-refractivity contribution is 9.11. The lowest BCUT2D eigenvalue weighted by atomic mass is 10.2. The number of aromatic hydroxyl groups is 1. The number of nitrogens with zero attached hydrogens (tertiary/aromatic N) is 1. The average Bonchev–Trinajstić information content (AvgIpc) is 2.65. The van der Waals surface area contributed by atoms with Crippen molar-refractivity contribution >= 4 is 59.9 Å². The van der Waals surface area contributed by atoms with Crippen LogP contribution in [0.5, 0.6) is 23.0 Å². The van der Waals surface area contributed by atoms with Gasteiger partial charge in [0.15, 0.2) is 12.4 Å². The Morgan fingerprint density at radius 3 is 2.56 bits per heavy atom. The molecule has 0 bridgehead atoms. The quantitative estimate of drug-likeness (QED) is 0.387. The number of nitrogens with one attached hydrogen (secondary N) is 1. The van der Waals surface area contributed by atoms with Crippen molar-refractivity contribution in [2.75, 3.05) is 20.8 Å². The number of rotatable bonds is 7. The van der Waals surface area contributed by atoms with Gasteiger partial charge in [-0.1, -0.05) is 0 Å². The first-order chi connectivity index (χ1) is 12.9. The van der Waals surface area contributed by atoms with Crippen molar-refractivity contribution in [3.63, 3.8) is 0 Å². The van der Waals surface area contributed by atoms with Crippen LogP contribution < -0.4 is 19.6 Å². The third kappa shape index (κ3) is 5.60. The topological polar surface area (TPSA) is 89.4 Å². The van der Waals surface area contributed by atoms with Crippen molar-refractivity contribution in [2.24, 2.45) is 5.10 Å². The normalized spacial score (nSPS) is 10.7. The average molecular weight is 567 g/mol. The standard InChI is InChI=1S/C17H15Br3N2O5/c1-25-10-3-4-13(11(18)6-10)27-8-14(23)22-21-7-9-5-12(19)17(26-2)15(20)16(9)24/h3-7,24H,8H2,1-2H3,(H,22,23)/b21-7-. The molecule has 0 saturated carbocycles. The number of carbonyl (C=O) groups excluding carboxylic acids is 1. The summed E-state index contributed by atoms with van der Waals surface area (Å²) in [5, 5.41) is 14.0. The van der Waals surface area contributed by atoms with Crippen LogP contribution in [0.4, 0.5) is 0 Å². The number of carbonyl (C=O) groups is 1. The Hall–Kier alpha value is -1.78. The second kappa shape index (κ2) is 9.95. The van der Waals surface area contributed by atoms with E-state index < -0.39 is 5.91 Å². The molecule has 144 valence electrons. The highest BCUT2D eigenvalue weighted by Gasteiger charge is 2.14. The van der Waals surface area contributed by atoms with E-state index >= 15 is 0 Å². The molecule has 0 atom stereocenters. The zero-order valence-electron chi connectivity index (χ0n) is 14.3. The lowest BCUT2D eigenvalue weighted by molar-refractivity contribution is -0.123. The molecule has 0 aromatic heterocycles. The molecule has 1 amide bonds. The van der Waals surface area contributed by atoms with Gasteiger partial charge in [-0.2, -0.15) is 5.10 Å². The summed E-state index contributed by atoms with van der Waals surface area (Å²) in [6, 6.07) is 6.75. The number of hydrogen-bond donors (Lipinski definition) is 2. The minimum atomic E-state index is -0.458. The van der Waals surface area contributed by atoms with Crippen LogP contribution in [0.1, 0.15) is 5.56 Å². The van der Waals surface area contributed by atoms with Crippen LogP contribution in [0.3, 0.4) is 0 Å². The van der Waals surface area contributed by atoms with E-state index in [-0.39, 0.29) is 12.4 Å². The van der Waals surface area contributed by atoms with Crippen molar-refractivity contribution in [3.8, 4) is 23.0 Å². The molecule has 27 heavy (non-hydrogen) atoms. The summed E-state index contributed by atoms with van der Waals surface area (Å²) >= 11 is 9.92. The van der Waals surface area contributed by atoms with Gasteiger partial charge in [-0.25, -0.2) is 5.43 Å². The zero-order valence-corrected chi connectivity index (χ0v) is 19.0. The van der Waals surface area contributed by atoms with Crippen LogP contribution in [-0.2, 0) is 4.79 Å². The molecule has 2 aromatic rings. The van der Waals surface area contributed by atoms with Gasteiger partial charge in [0.1, 0.15) is 21.7 Å². The van der Waals surface area contributed by atoms with Gasteiger partial charge in [-0.15, -0.1) is 0 Å². The monoisotopic (exact) mass is 564 g/mol. The predicted molar refractivity (Wildman–Crippen MR) is 112 cm³/mol. The molecule has 0 saturated heterocycles. The van der Waals surface area contributed by atoms with Crippen LogP contribution in [0.25, 0.3) is 0 Å². The molecular formula is C17H15Br3N2O5. The molecule has 0 spiro atoms. The smallest absolute Gasteiger partial charge is 0.277 e. The maximum atomic E-state index is 11.9. The van der Waals surface area contributed by atoms with Gasteiger partial charge in [0, 0.05) is 5.56 Å². The first kappa shape index (κ1) is 21.5. The number of phenols is 1. The van der Waals surface area contributed by atoms with Gasteiger partial charge >= 0.3 is 0 Å². The minimum absolute atomic E-state index is 0.0635.